The number of nitrogens with zero attached hydrogens (tertiary/aromatic N) is 1. The summed E-state index contributed by atoms with van der Waals surface area (Å²) in [4.78, 5) is 12.5. The van der Waals surface area contributed by atoms with Crippen molar-refractivity contribution >= 4 is 17.5 Å². The lowest BCUT2D eigenvalue weighted by Gasteiger charge is -2.44. The zero-order valence-electron chi connectivity index (χ0n) is 31.8. The van der Waals surface area contributed by atoms with Gasteiger partial charge in [0.15, 0.2) is 0 Å². The number of carbonyl (C=O) groups is 1. The molecule has 1 amide bonds. The largest absolute Gasteiger partial charge is 0.393 e. The number of rotatable bonds is 32. The van der Waals surface area contributed by atoms with Crippen LogP contribution in [-0.2, 0) is 4.79 Å². The Kier molecular flexibility index (Phi) is 21.3. The topological polar surface area (TPSA) is 20.3 Å². The minimum absolute atomic E-state index is 0.113. The van der Waals surface area contributed by atoms with Crippen molar-refractivity contribution in [2.75, 3.05) is 13.1 Å². The van der Waals surface area contributed by atoms with Crippen LogP contribution in [0.3, 0.4) is 0 Å². The summed E-state index contributed by atoms with van der Waals surface area (Å²) < 4.78 is 282. The van der Waals surface area contributed by atoms with Crippen molar-refractivity contribution in [1.82, 2.24) is 4.90 Å². The lowest BCUT2D eigenvalue weighted by atomic mass is 9.86. The summed E-state index contributed by atoms with van der Waals surface area (Å²) in [5.74, 6) is -80.7. The van der Waals surface area contributed by atoms with Gasteiger partial charge in [0, 0.05) is 13.1 Å². The zero-order valence-corrected chi connectivity index (χ0v) is 32.6. The van der Waals surface area contributed by atoms with Gasteiger partial charge in [-0.1, -0.05) is 129 Å². The summed E-state index contributed by atoms with van der Waals surface area (Å²) >= 11 is 3.45. The number of carbonyl (C=O) groups excluding carboxylic acids is 1. The summed E-state index contributed by atoms with van der Waals surface area (Å²) in [7, 11) is 0. The van der Waals surface area contributed by atoms with Gasteiger partial charge >= 0.3 is 58.7 Å². The maximum atomic E-state index is 15.0. The molecule has 0 aliphatic heterocycles. The molecule has 0 rings (SSSR count). The summed E-state index contributed by atoms with van der Waals surface area (Å²) in [6.07, 6.45) is 12.3. The summed E-state index contributed by atoms with van der Waals surface area (Å²) in [6.45, 7) is 2.12. The fraction of sp³-hybridized carbons (Fsp3) is 0.971. The molecule has 0 aliphatic carbocycles. The number of hydrogen-bond acceptors (Lipinski definition) is 1. The highest BCUT2D eigenvalue weighted by atomic mass is 35.5. The molecule has 0 spiro atoms. The number of unbranched alkanes of at least 4 members (excludes halogenated alkanes) is 18. The van der Waals surface area contributed by atoms with Gasteiger partial charge in [0.2, 0.25) is 0 Å². The maximum absolute atomic E-state index is 15.0. The van der Waals surface area contributed by atoms with Crippen LogP contribution >= 0.6 is 11.6 Å². The van der Waals surface area contributed by atoms with E-state index in [0.717, 1.165) is 64.2 Å². The molecular formula is C35H50ClF20NO. The summed E-state index contributed by atoms with van der Waals surface area (Å²) in [5.41, 5.74) is 0. The van der Waals surface area contributed by atoms with Gasteiger partial charge in [-0.3, -0.25) is 4.79 Å². The fourth-order valence-electron chi connectivity index (χ4n) is 5.79. The predicted octanol–water partition coefficient (Wildman–Crippen LogP) is 15.2. The van der Waals surface area contributed by atoms with Crippen molar-refractivity contribution < 1.29 is 92.6 Å². The zero-order chi connectivity index (χ0) is 45.7. The second kappa shape index (κ2) is 21.9. The molecular weight excluding hydrogens is 866 g/mol. The van der Waals surface area contributed by atoms with E-state index < -0.39 is 77.7 Å². The first-order valence-corrected chi connectivity index (χ1v) is 19.3. The van der Waals surface area contributed by atoms with Gasteiger partial charge in [-0.25, -0.2) is 0 Å². The lowest BCUT2D eigenvalue weighted by Crippen LogP contribution is -2.77. The molecule has 0 aromatic rings. The molecule has 0 saturated carbocycles. The van der Waals surface area contributed by atoms with Crippen LogP contribution < -0.4 is 0 Å². The van der Waals surface area contributed by atoms with Gasteiger partial charge in [-0.2, -0.15) is 87.8 Å². The quantitative estimate of drug-likeness (QED) is 0.0374. The first kappa shape index (κ1) is 56.4. The van der Waals surface area contributed by atoms with Crippen LogP contribution in [0.4, 0.5) is 87.8 Å². The Labute approximate surface area is 329 Å². The van der Waals surface area contributed by atoms with Gasteiger partial charge < -0.3 is 4.90 Å². The van der Waals surface area contributed by atoms with E-state index >= 15 is 8.78 Å². The summed E-state index contributed by atoms with van der Waals surface area (Å²) in [5, 5.41) is -7.07. The van der Waals surface area contributed by atoms with E-state index in [1.807, 2.05) is 13.8 Å². The van der Waals surface area contributed by atoms with Gasteiger partial charge in [-0.05, 0) is 24.4 Å². The lowest BCUT2D eigenvalue weighted by molar-refractivity contribution is -0.464. The molecule has 23 heteroatoms. The van der Waals surface area contributed by atoms with Crippen molar-refractivity contribution in [3.05, 3.63) is 0 Å². The van der Waals surface area contributed by atoms with Gasteiger partial charge in [0.25, 0.3) is 5.91 Å². The Hall–Kier alpha value is -1.64. The summed E-state index contributed by atoms with van der Waals surface area (Å²) in [6, 6.07) is 0. The van der Waals surface area contributed by atoms with Crippen LogP contribution in [0.1, 0.15) is 142 Å². The monoisotopic (exact) mass is 915 g/mol. The van der Waals surface area contributed by atoms with Crippen LogP contribution in [0.25, 0.3) is 0 Å². The molecule has 0 atom stereocenters. The van der Waals surface area contributed by atoms with Crippen molar-refractivity contribution in [1.29, 1.82) is 0 Å². The Morgan fingerprint density at radius 3 is 0.793 bits per heavy atom. The predicted molar refractivity (Wildman–Crippen MR) is 176 cm³/mol. The molecule has 58 heavy (non-hydrogen) atoms. The van der Waals surface area contributed by atoms with E-state index in [1.165, 1.54) is 0 Å². The third kappa shape index (κ3) is 12.0. The SMILES string of the molecule is CCCCCCCCCCCCN(CCCCCCCCCCCC)C(=O)C(F)(F)C(F)(F)C(F)(F)C(F)(F)C(F)(F)C(F)(F)C(F)(F)C(F)(F)C(F)(F)C(F)(F)Cl. The van der Waals surface area contributed by atoms with E-state index in [1.54, 1.807) is 0 Å². The molecule has 348 valence electrons. The molecule has 0 unspecified atom stereocenters. The average Bonchev–Trinajstić information content (AvgIpc) is 3.10. The number of halogens is 21. The van der Waals surface area contributed by atoms with Crippen LogP contribution in [0, 0.1) is 0 Å². The van der Waals surface area contributed by atoms with Crippen LogP contribution in [0.5, 0.6) is 0 Å². The molecule has 0 fully saturated rings. The van der Waals surface area contributed by atoms with E-state index in [9.17, 15) is 83.8 Å². The van der Waals surface area contributed by atoms with E-state index in [0.29, 0.717) is 38.5 Å². The van der Waals surface area contributed by atoms with Crippen molar-refractivity contribution in [3.8, 4) is 0 Å². The molecule has 0 saturated heterocycles. The third-order valence-electron chi connectivity index (χ3n) is 9.63. The van der Waals surface area contributed by atoms with E-state index in [-0.39, 0.29) is 30.6 Å². The molecule has 0 aliphatic rings. The normalized spacial score (nSPS) is 14.7. The Bertz CT molecular complexity index is 1180. The standard InChI is InChI=1S/C35H50ClF20NO/c1-3-5-7-9-11-13-15-17-19-21-23-57(24-22-20-18-16-14-12-10-8-6-4-2)25(58)26(37,38)27(39,40)28(41,42)29(43,44)30(45,46)31(47,48)32(49,50)33(51,52)34(53,54)35(36,55)56/h3-24H2,1-2H3. The van der Waals surface area contributed by atoms with Crippen LogP contribution in [-0.4, -0.2) is 82.6 Å². The first-order chi connectivity index (χ1) is 26.2. The fourth-order valence-corrected chi connectivity index (χ4v) is 5.90. The smallest absolute Gasteiger partial charge is 0.337 e. The van der Waals surface area contributed by atoms with Crippen LogP contribution in [0.15, 0.2) is 0 Å². The molecule has 0 bridgehead atoms. The number of amides is 1. The first-order valence-electron chi connectivity index (χ1n) is 18.9. The third-order valence-corrected chi connectivity index (χ3v) is 9.87. The Morgan fingerprint density at radius 2 is 0.552 bits per heavy atom. The van der Waals surface area contributed by atoms with Gasteiger partial charge in [-0.15, -0.1) is 0 Å². The number of alkyl halides is 21. The number of hydrogen-bond donors (Lipinski definition) is 0. The second-order valence-corrected chi connectivity index (χ2v) is 14.8. The van der Waals surface area contributed by atoms with E-state index in [2.05, 4.69) is 11.6 Å². The average molecular weight is 916 g/mol. The second-order valence-electron chi connectivity index (χ2n) is 14.3. The highest BCUT2D eigenvalue weighted by Crippen LogP contribution is 2.66. The molecule has 0 radical (unpaired) electrons. The van der Waals surface area contributed by atoms with Crippen molar-refractivity contribution in [3.63, 3.8) is 0 Å². The minimum Gasteiger partial charge on any atom is -0.337 e. The molecule has 0 aromatic carbocycles. The van der Waals surface area contributed by atoms with E-state index in [4.69, 9.17) is 0 Å². The molecule has 2 nitrogen and oxygen atoms in total. The highest BCUT2D eigenvalue weighted by molar-refractivity contribution is 6.22. The molecule has 0 heterocycles. The van der Waals surface area contributed by atoms with Gasteiger partial charge in [0.05, 0.1) is 0 Å². The van der Waals surface area contributed by atoms with Crippen molar-refractivity contribution in [2.24, 2.45) is 0 Å². The Morgan fingerprint density at radius 1 is 0.345 bits per heavy atom. The highest BCUT2D eigenvalue weighted by Gasteiger charge is 2.98. The maximum Gasteiger partial charge on any atom is 0.393 e. The molecule has 0 aromatic heterocycles. The minimum atomic E-state index is -9.16. The Balaban J connectivity index is 6.43. The molecule has 0 N–H and O–H groups in total. The van der Waals surface area contributed by atoms with Gasteiger partial charge in [0.1, 0.15) is 0 Å². The van der Waals surface area contributed by atoms with Crippen LogP contribution in [0.2, 0.25) is 0 Å². The van der Waals surface area contributed by atoms with Crippen molar-refractivity contribution in [2.45, 2.75) is 201 Å².